The van der Waals surface area contributed by atoms with Crippen molar-refractivity contribution in [1.82, 2.24) is 9.13 Å². The van der Waals surface area contributed by atoms with Gasteiger partial charge in [-0.25, -0.2) is 0 Å². The SMILES string of the molecule is c1ccc(-c2ccc3c(c2)c2cc(-c4ccccc4)ccc2n3-c2ccc(-c3ccc4c(c3)-n3c5ccccc5c5cccc(c53)O4)cc2)cc1. The number of hydrogen-bond donors (Lipinski definition) is 0. The normalized spacial score (nSPS) is 12.1. The highest BCUT2D eigenvalue weighted by Gasteiger charge is 2.24. The number of benzene rings is 8. The zero-order valence-corrected chi connectivity index (χ0v) is 27.6. The molecule has 1 aliphatic heterocycles. The molecule has 0 spiro atoms. The van der Waals surface area contributed by atoms with Crippen LogP contribution in [0.25, 0.3) is 88.4 Å². The summed E-state index contributed by atoms with van der Waals surface area (Å²) in [5.41, 5.74) is 14.1. The highest BCUT2D eigenvalue weighted by molar-refractivity contribution is 6.13. The van der Waals surface area contributed by atoms with E-state index in [4.69, 9.17) is 4.74 Å². The maximum Gasteiger partial charge on any atom is 0.152 e. The first-order valence-electron chi connectivity index (χ1n) is 17.4. The molecule has 8 aromatic carbocycles. The quantitative estimate of drug-likeness (QED) is 0.185. The monoisotopic (exact) mass is 650 g/mol. The van der Waals surface area contributed by atoms with Crippen molar-refractivity contribution in [1.29, 1.82) is 0 Å². The smallest absolute Gasteiger partial charge is 0.152 e. The van der Waals surface area contributed by atoms with Crippen LogP contribution in [0.3, 0.4) is 0 Å². The van der Waals surface area contributed by atoms with Gasteiger partial charge >= 0.3 is 0 Å². The summed E-state index contributed by atoms with van der Waals surface area (Å²) in [4.78, 5) is 0. The standard InChI is InChI=1S/C48H30N2O/c1-3-10-31(11-4-1)34-20-25-43-40(28-34)41-29-35(32-12-5-2-6-13-32)21-26-44(41)49(43)37-23-18-33(19-24-37)36-22-27-46-45(30-36)50-42-16-8-7-14-38(42)39-15-9-17-47(51-46)48(39)50/h1-30H. The first kappa shape index (κ1) is 28.0. The van der Waals surface area contributed by atoms with Crippen LogP contribution in [0.2, 0.25) is 0 Å². The van der Waals surface area contributed by atoms with E-state index in [1.807, 2.05) is 0 Å². The predicted molar refractivity (Wildman–Crippen MR) is 212 cm³/mol. The molecule has 0 bridgehead atoms. The molecule has 10 aromatic rings. The third-order valence-corrected chi connectivity index (χ3v) is 10.5. The minimum atomic E-state index is 0.867. The zero-order valence-electron chi connectivity index (χ0n) is 27.6. The summed E-state index contributed by atoms with van der Waals surface area (Å²) >= 11 is 0. The summed E-state index contributed by atoms with van der Waals surface area (Å²) in [6.07, 6.45) is 0. The molecule has 0 N–H and O–H groups in total. The lowest BCUT2D eigenvalue weighted by Gasteiger charge is -2.21. The van der Waals surface area contributed by atoms with Gasteiger partial charge in [-0.05, 0) is 94.0 Å². The first-order chi connectivity index (χ1) is 25.3. The van der Waals surface area contributed by atoms with Crippen molar-refractivity contribution >= 4 is 43.6 Å². The van der Waals surface area contributed by atoms with Crippen LogP contribution in [0.5, 0.6) is 11.5 Å². The molecule has 0 unspecified atom stereocenters. The number of fused-ring (bicyclic) bond motifs is 8. The van der Waals surface area contributed by atoms with Crippen molar-refractivity contribution in [2.45, 2.75) is 0 Å². The third kappa shape index (κ3) is 4.25. The molecule has 0 saturated heterocycles. The largest absolute Gasteiger partial charge is 0.453 e. The van der Waals surface area contributed by atoms with E-state index in [-0.39, 0.29) is 0 Å². The van der Waals surface area contributed by atoms with Crippen LogP contribution in [0.15, 0.2) is 182 Å². The molecular formula is C48H30N2O. The van der Waals surface area contributed by atoms with Crippen molar-refractivity contribution in [3.8, 4) is 56.3 Å². The molecule has 11 rings (SSSR count). The Balaban J connectivity index is 1.05. The van der Waals surface area contributed by atoms with Gasteiger partial charge in [0.25, 0.3) is 0 Å². The fourth-order valence-corrected chi connectivity index (χ4v) is 8.12. The van der Waals surface area contributed by atoms with Crippen LogP contribution >= 0.6 is 0 Å². The Bertz CT molecular complexity index is 2870. The summed E-state index contributed by atoms with van der Waals surface area (Å²) in [7, 11) is 0. The molecule has 2 aromatic heterocycles. The minimum Gasteiger partial charge on any atom is -0.453 e. The van der Waals surface area contributed by atoms with Gasteiger partial charge in [-0.1, -0.05) is 121 Å². The molecule has 3 heteroatoms. The van der Waals surface area contributed by atoms with Crippen molar-refractivity contribution in [3.05, 3.63) is 182 Å². The Morgan fingerprint density at radius 3 is 1.53 bits per heavy atom. The van der Waals surface area contributed by atoms with E-state index in [2.05, 4.69) is 191 Å². The lowest BCUT2D eigenvalue weighted by atomic mass is 10.0. The van der Waals surface area contributed by atoms with Gasteiger partial charge in [-0.2, -0.15) is 0 Å². The maximum absolute atomic E-state index is 6.47. The molecule has 3 nitrogen and oxygen atoms in total. The van der Waals surface area contributed by atoms with E-state index in [0.717, 1.165) is 39.5 Å². The summed E-state index contributed by atoms with van der Waals surface area (Å²) in [5.74, 6) is 1.76. The highest BCUT2D eigenvalue weighted by Crippen LogP contribution is 2.46. The van der Waals surface area contributed by atoms with Crippen molar-refractivity contribution in [2.75, 3.05) is 0 Å². The molecule has 0 aliphatic carbocycles. The molecule has 0 saturated carbocycles. The number of ether oxygens (including phenoxy) is 1. The average molecular weight is 651 g/mol. The Kier molecular flexibility index (Phi) is 5.96. The van der Waals surface area contributed by atoms with Gasteiger partial charge in [0, 0.05) is 27.2 Å². The second kappa shape index (κ2) is 10.8. The average Bonchev–Trinajstić information content (AvgIpc) is 3.72. The second-order valence-corrected chi connectivity index (χ2v) is 13.4. The highest BCUT2D eigenvalue weighted by atomic mass is 16.5. The van der Waals surface area contributed by atoms with Gasteiger partial charge in [0.2, 0.25) is 0 Å². The van der Waals surface area contributed by atoms with E-state index >= 15 is 0 Å². The van der Waals surface area contributed by atoms with Crippen molar-refractivity contribution in [2.24, 2.45) is 0 Å². The molecule has 51 heavy (non-hydrogen) atoms. The Morgan fingerprint density at radius 1 is 0.314 bits per heavy atom. The van der Waals surface area contributed by atoms with Crippen LogP contribution in [-0.2, 0) is 0 Å². The van der Waals surface area contributed by atoms with Gasteiger partial charge in [-0.3, -0.25) is 0 Å². The second-order valence-electron chi connectivity index (χ2n) is 13.4. The van der Waals surface area contributed by atoms with E-state index in [1.54, 1.807) is 0 Å². The van der Waals surface area contributed by atoms with Crippen LogP contribution < -0.4 is 4.74 Å². The number of para-hydroxylation sites is 2. The molecule has 0 atom stereocenters. The number of aromatic nitrogens is 2. The van der Waals surface area contributed by atoms with E-state index in [0.29, 0.717) is 0 Å². The Labute approximate surface area is 294 Å². The van der Waals surface area contributed by atoms with Gasteiger partial charge in [0.1, 0.15) is 0 Å². The molecule has 0 fully saturated rings. The lowest BCUT2D eigenvalue weighted by molar-refractivity contribution is 0.476. The summed E-state index contributed by atoms with van der Waals surface area (Å²) < 4.78 is 11.2. The maximum atomic E-state index is 6.47. The van der Waals surface area contributed by atoms with Crippen LogP contribution in [0.1, 0.15) is 0 Å². The van der Waals surface area contributed by atoms with E-state index < -0.39 is 0 Å². The van der Waals surface area contributed by atoms with Crippen LogP contribution in [-0.4, -0.2) is 9.13 Å². The molecule has 0 radical (unpaired) electrons. The van der Waals surface area contributed by atoms with Gasteiger partial charge in [0.15, 0.2) is 11.5 Å². The van der Waals surface area contributed by atoms with Gasteiger partial charge in [-0.15, -0.1) is 0 Å². The molecule has 3 heterocycles. The van der Waals surface area contributed by atoms with Crippen molar-refractivity contribution < 1.29 is 4.74 Å². The molecule has 1 aliphatic rings. The molecule has 0 amide bonds. The van der Waals surface area contributed by atoms with Crippen molar-refractivity contribution in [3.63, 3.8) is 0 Å². The Morgan fingerprint density at radius 2 is 0.843 bits per heavy atom. The summed E-state index contributed by atoms with van der Waals surface area (Å²) in [5, 5.41) is 4.93. The fourth-order valence-electron chi connectivity index (χ4n) is 8.12. The molecule has 238 valence electrons. The zero-order chi connectivity index (χ0) is 33.5. The summed E-state index contributed by atoms with van der Waals surface area (Å²) in [6.45, 7) is 0. The third-order valence-electron chi connectivity index (χ3n) is 10.5. The van der Waals surface area contributed by atoms with Crippen LogP contribution in [0, 0.1) is 0 Å². The number of nitrogens with zero attached hydrogens (tertiary/aromatic N) is 2. The van der Waals surface area contributed by atoms with Gasteiger partial charge in [0.05, 0.1) is 27.8 Å². The minimum absolute atomic E-state index is 0.867. The first-order valence-corrected chi connectivity index (χ1v) is 17.4. The van der Waals surface area contributed by atoms with E-state index in [1.165, 1.54) is 60.3 Å². The Hall–Kier alpha value is -6.84. The molecular weight excluding hydrogens is 621 g/mol. The summed E-state index contributed by atoms with van der Waals surface area (Å²) in [6, 6.07) is 65.5. The predicted octanol–water partition coefficient (Wildman–Crippen LogP) is 13.0. The number of hydrogen-bond acceptors (Lipinski definition) is 1. The topological polar surface area (TPSA) is 19.1 Å². The fraction of sp³-hybridized carbons (Fsp3) is 0. The lowest BCUT2D eigenvalue weighted by Crippen LogP contribution is -2.04. The van der Waals surface area contributed by atoms with Gasteiger partial charge < -0.3 is 13.9 Å². The van der Waals surface area contributed by atoms with Crippen LogP contribution in [0.4, 0.5) is 0 Å². The van der Waals surface area contributed by atoms with E-state index in [9.17, 15) is 0 Å². The number of rotatable bonds is 4.